The smallest absolute Gasteiger partial charge is 0.308 e. The van der Waals surface area contributed by atoms with Gasteiger partial charge in [0.15, 0.2) is 0 Å². The van der Waals surface area contributed by atoms with Crippen molar-refractivity contribution in [3.63, 3.8) is 0 Å². The van der Waals surface area contributed by atoms with Crippen molar-refractivity contribution in [3.8, 4) is 5.75 Å². The van der Waals surface area contributed by atoms with Crippen molar-refractivity contribution in [1.29, 1.82) is 0 Å². The van der Waals surface area contributed by atoms with Crippen molar-refractivity contribution >= 4 is 11.9 Å². The number of amides is 1. The quantitative estimate of drug-likeness (QED) is 0.920. The van der Waals surface area contributed by atoms with Crippen molar-refractivity contribution in [2.24, 2.45) is 5.92 Å². The lowest BCUT2D eigenvalue weighted by Gasteiger charge is -2.37. The normalized spacial score (nSPS) is 21.9. The first-order chi connectivity index (χ1) is 10.0. The van der Waals surface area contributed by atoms with Crippen LogP contribution in [0, 0.1) is 5.92 Å². The van der Waals surface area contributed by atoms with Crippen LogP contribution >= 0.6 is 0 Å². The molecule has 0 saturated carbocycles. The average molecular weight is 291 g/mol. The summed E-state index contributed by atoms with van der Waals surface area (Å²) < 4.78 is 5.09. The van der Waals surface area contributed by atoms with Gasteiger partial charge in [0.05, 0.1) is 19.4 Å². The summed E-state index contributed by atoms with van der Waals surface area (Å²) in [6.45, 7) is 2.46. The number of benzene rings is 1. The number of rotatable bonds is 4. The molecule has 5 nitrogen and oxygen atoms in total. The zero-order valence-electron chi connectivity index (χ0n) is 12.4. The van der Waals surface area contributed by atoms with Gasteiger partial charge in [0.25, 0.3) is 0 Å². The number of ether oxygens (including phenoxy) is 1. The van der Waals surface area contributed by atoms with Crippen LogP contribution in [-0.2, 0) is 16.0 Å². The van der Waals surface area contributed by atoms with Gasteiger partial charge in [-0.05, 0) is 37.5 Å². The summed E-state index contributed by atoms with van der Waals surface area (Å²) in [6, 6.07) is 7.12. The van der Waals surface area contributed by atoms with Gasteiger partial charge in [0, 0.05) is 12.6 Å². The summed E-state index contributed by atoms with van der Waals surface area (Å²) >= 11 is 0. The highest BCUT2D eigenvalue weighted by Gasteiger charge is 2.35. The fourth-order valence-corrected chi connectivity index (χ4v) is 2.84. The Morgan fingerprint density at radius 1 is 1.33 bits per heavy atom. The van der Waals surface area contributed by atoms with Crippen LogP contribution in [0.15, 0.2) is 24.3 Å². The van der Waals surface area contributed by atoms with E-state index in [1.807, 2.05) is 31.2 Å². The fourth-order valence-electron chi connectivity index (χ4n) is 2.84. The lowest BCUT2D eigenvalue weighted by Crippen LogP contribution is -2.49. The van der Waals surface area contributed by atoms with E-state index in [1.165, 1.54) is 0 Å². The summed E-state index contributed by atoms with van der Waals surface area (Å²) in [7, 11) is 1.60. The fraction of sp³-hybridized carbons (Fsp3) is 0.500. The maximum atomic E-state index is 12.4. The molecule has 0 radical (unpaired) electrons. The maximum absolute atomic E-state index is 12.4. The Bertz CT molecular complexity index is 512. The van der Waals surface area contributed by atoms with E-state index in [0.29, 0.717) is 19.4 Å². The van der Waals surface area contributed by atoms with Gasteiger partial charge in [-0.15, -0.1) is 0 Å². The number of carboxylic acids is 1. The first-order valence-electron chi connectivity index (χ1n) is 7.18. The first kappa shape index (κ1) is 15.4. The first-order valence-corrected chi connectivity index (χ1v) is 7.18. The molecule has 2 atom stereocenters. The van der Waals surface area contributed by atoms with Crippen molar-refractivity contribution < 1.29 is 19.4 Å². The van der Waals surface area contributed by atoms with Crippen LogP contribution in [0.5, 0.6) is 5.75 Å². The number of nitrogens with zero attached hydrogens (tertiary/aromatic N) is 1. The van der Waals surface area contributed by atoms with Gasteiger partial charge in [-0.2, -0.15) is 0 Å². The van der Waals surface area contributed by atoms with E-state index in [2.05, 4.69) is 0 Å². The second-order valence-corrected chi connectivity index (χ2v) is 5.44. The number of aliphatic carboxylic acids is 1. The molecule has 1 aliphatic heterocycles. The summed E-state index contributed by atoms with van der Waals surface area (Å²) in [4.78, 5) is 25.3. The molecule has 1 N–H and O–H groups in total. The molecule has 114 valence electrons. The summed E-state index contributed by atoms with van der Waals surface area (Å²) in [5.41, 5.74) is 0.908. The van der Waals surface area contributed by atoms with E-state index in [-0.39, 0.29) is 11.9 Å². The molecule has 0 aliphatic carbocycles. The highest BCUT2D eigenvalue weighted by molar-refractivity contribution is 5.80. The van der Waals surface area contributed by atoms with Crippen LogP contribution in [0.4, 0.5) is 0 Å². The second-order valence-electron chi connectivity index (χ2n) is 5.44. The number of carbonyl (C=O) groups is 2. The molecule has 0 spiro atoms. The lowest BCUT2D eigenvalue weighted by atomic mass is 9.90. The molecule has 0 unspecified atom stereocenters. The van der Waals surface area contributed by atoms with E-state index < -0.39 is 11.9 Å². The van der Waals surface area contributed by atoms with Gasteiger partial charge in [0.1, 0.15) is 5.75 Å². The molecule has 1 aromatic carbocycles. The number of carbonyl (C=O) groups excluding carboxylic acids is 1. The van der Waals surface area contributed by atoms with Gasteiger partial charge in [-0.1, -0.05) is 12.1 Å². The lowest BCUT2D eigenvalue weighted by molar-refractivity contribution is -0.148. The van der Waals surface area contributed by atoms with Crippen molar-refractivity contribution in [2.45, 2.75) is 32.2 Å². The van der Waals surface area contributed by atoms with E-state index in [4.69, 9.17) is 4.74 Å². The number of carboxylic acid groups (broad SMARTS) is 1. The molecule has 1 aromatic rings. The molecule has 21 heavy (non-hydrogen) atoms. The Balaban J connectivity index is 2.03. The maximum Gasteiger partial charge on any atom is 0.308 e. The van der Waals surface area contributed by atoms with E-state index >= 15 is 0 Å². The van der Waals surface area contributed by atoms with Gasteiger partial charge >= 0.3 is 5.97 Å². The van der Waals surface area contributed by atoms with Crippen LogP contribution in [0.1, 0.15) is 25.3 Å². The number of likely N-dealkylation sites (tertiary alicyclic amines) is 1. The van der Waals surface area contributed by atoms with Crippen LogP contribution in [0.25, 0.3) is 0 Å². The molecule has 1 saturated heterocycles. The third-order valence-corrected chi connectivity index (χ3v) is 4.14. The average Bonchev–Trinajstić information content (AvgIpc) is 2.47. The third kappa shape index (κ3) is 3.54. The predicted octanol–water partition coefficient (Wildman–Crippen LogP) is 1.95. The molecule has 5 heteroatoms. The summed E-state index contributed by atoms with van der Waals surface area (Å²) in [6.07, 6.45) is 1.68. The zero-order valence-corrected chi connectivity index (χ0v) is 12.4. The molecule has 1 amide bonds. The van der Waals surface area contributed by atoms with Crippen LogP contribution in [-0.4, -0.2) is 41.6 Å². The number of piperidine rings is 1. The number of hydrogen-bond acceptors (Lipinski definition) is 3. The molecule has 1 fully saturated rings. The third-order valence-electron chi connectivity index (χ3n) is 4.14. The molecule has 1 aliphatic rings. The van der Waals surface area contributed by atoms with Gasteiger partial charge < -0.3 is 14.7 Å². The van der Waals surface area contributed by atoms with Crippen LogP contribution in [0.2, 0.25) is 0 Å². The Morgan fingerprint density at radius 3 is 2.57 bits per heavy atom. The van der Waals surface area contributed by atoms with Crippen LogP contribution in [0.3, 0.4) is 0 Å². The van der Waals surface area contributed by atoms with E-state index in [0.717, 1.165) is 17.7 Å². The summed E-state index contributed by atoms with van der Waals surface area (Å²) in [5.74, 6) is -0.537. The van der Waals surface area contributed by atoms with Crippen LogP contribution < -0.4 is 4.74 Å². The Labute approximate surface area is 124 Å². The number of hydrogen-bond donors (Lipinski definition) is 1. The Hall–Kier alpha value is -2.04. The SMILES string of the molecule is COc1ccc(CC(=O)N2CCC[C@H](C(=O)O)[C@@H]2C)cc1. The standard InChI is InChI=1S/C16H21NO4/c1-11-14(16(19)20)4-3-9-17(11)15(18)10-12-5-7-13(21-2)8-6-12/h5-8,11,14H,3-4,9-10H2,1-2H3,(H,19,20)/t11-,14-/m0/s1. The van der Waals surface area contributed by atoms with Crippen molar-refractivity contribution in [3.05, 3.63) is 29.8 Å². The minimum absolute atomic E-state index is 0.0152. The molecule has 0 bridgehead atoms. The monoisotopic (exact) mass is 291 g/mol. The molecule has 1 heterocycles. The van der Waals surface area contributed by atoms with Gasteiger partial charge in [-0.25, -0.2) is 0 Å². The Kier molecular flexibility index (Phi) is 4.83. The van der Waals surface area contributed by atoms with Gasteiger partial charge in [0.2, 0.25) is 5.91 Å². The van der Waals surface area contributed by atoms with Gasteiger partial charge in [-0.3, -0.25) is 9.59 Å². The van der Waals surface area contributed by atoms with E-state index in [9.17, 15) is 14.7 Å². The molecular weight excluding hydrogens is 270 g/mol. The molecule has 0 aromatic heterocycles. The minimum atomic E-state index is -0.815. The number of methoxy groups -OCH3 is 1. The predicted molar refractivity (Wildman–Crippen MR) is 78.2 cm³/mol. The van der Waals surface area contributed by atoms with Crippen molar-refractivity contribution in [2.75, 3.05) is 13.7 Å². The molecular formula is C16H21NO4. The highest BCUT2D eigenvalue weighted by atomic mass is 16.5. The van der Waals surface area contributed by atoms with E-state index in [1.54, 1.807) is 12.0 Å². The molecule has 2 rings (SSSR count). The minimum Gasteiger partial charge on any atom is -0.497 e. The highest BCUT2D eigenvalue weighted by Crippen LogP contribution is 2.24. The van der Waals surface area contributed by atoms with Crippen molar-refractivity contribution in [1.82, 2.24) is 4.90 Å². The topological polar surface area (TPSA) is 66.8 Å². The second kappa shape index (κ2) is 6.61. The largest absolute Gasteiger partial charge is 0.497 e. The zero-order chi connectivity index (χ0) is 15.4. The summed E-state index contributed by atoms with van der Waals surface area (Å²) in [5, 5.41) is 9.20. The Morgan fingerprint density at radius 2 is 2.00 bits per heavy atom.